The second-order valence-electron chi connectivity index (χ2n) is 5.10. The van der Waals surface area contributed by atoms with E-state index in [0.29, 0.717) is 0 Å². The lowest BCUT2D eigenvalue weighted by Gasteiger charge is -2.10. The van der Waals surface area contributed by atoms with Gasteiger partial charge in [-0.1, -0.05) is 30.3 Å². The largest absolute Gasteiger partial charge is 0.418 e. The third-order valence-corrected chi connectivity index (χ3v) is 3.43. The molecule has 0 aromatic heterocycles. The van der Waals surface area contributed by atoms with Crippen molar-refractivity contribution in [2.24, 2.45) is 0 Å². The molecule has 0 amide bonds. The van der Waals surface area contributed by atoms with Gasteiger partial charge in [0, 0.05) is 22.1 Å². The maximum absolute atomic E-state index is 12.1. The molecule has 8 N–H and O–H groups in total. The molecular weight excluding hydrogens is 317 g/mol. The average Bonchev–Trinajstić information content (AvgIpc) is 2.51. The van der Waals surface area contributed by atoms with Gasteiger partial charge in [0.15, 0.2) is 0 Å². The molecule has 0 aliphatic heterocycles. The number of hydrogen-bond acceptors (Lipinski definition) is 4. The van der Waals surface area contributed by atoms with Gasteiger partial charge >= 0.3 is 6.18 Å². The van der Waals surface area contributed by atoms with E-state index in [1.165, 1.54) is 12.1 Å². The van der Waals surface area contributed by atoms with Crippen molar-refractivity contribution in [3.05, 3.63) is 60.2 Å². The highest BCUT2D eigenvalue weighted by Gasteiger charge is 2.33. The van der Waals surface area contributed by atoms with Gasteiger partial charge in [0.1, 0.15) is 0 Å². The molecule has 0 saturated carbocycles. The van der Waals surface area contributed by atoms with Gasteiger partial charge in [0.05, 0.1) is 16.9 Å². The van der Waals surface area contributed by atoms with E-state index < -0.39 is 17.4 Å². The number of halogens is 3. The SMILES string of the molecule is Nc1cccc(C(F)(F)F)c1N.Nc1cccc2c(N)cccc12. The summed E-state index contributed by atoms with van der Waals surface area (Å²) in [5.41, 5.74) is 22.1. The molecule has 0 aliphatic rings. The Bertz CT molecular complexity index is 819. The standard InChI is InChI=1S/C10H10N2.C7H7F3N2/c11-9-5-1-3-7-8(9)4-2-6-10(7)12;8-7(9,10)4-2-1-3-5(11)6(4)12/h1-6H,11-12H2;1-3H,11-12H2. The topological polar surface area (TPSA) is 104 Å². The fourth-order valence-electron chi connectivity index (χ4n) is 2.19. The van der Waals surface area contributed by atoms with Crippen molar-refractivity contribution in [3.63, 3.8) is 0 Å². The van der Waals surface area contributed by atoms with Crippen LogP contribution >= 0.6 is 0 Å². The minimum Gasteiger partial charge on any atom is -0.398 e. The summed E-state index contributed by atoms with van der Waals surface area (Å²) in [4.78, 5) is 0. The molecule has 0 saturated heterocycles. The number of nitrogens with two attached hydrogens (primary N) is 4. The minimum atomic E-state index is -4.43. The van der Waals surface area contributed by atoms with E-state index >= 15 is 0 Å². The molecule has 0 radical (unpaired) electrons. The lowest BCUT2D eigenvalue weighted by molar-refractivity contribution is -0.136. The third kappa shape index (κ3) is 3.62. The first kappa shape index (κ1) is 17.3. The average molecular weight is 334 g/mol. The van der Waals surface area contributed by atoms with Crippen LogP contribution in [0.3, 0.4) is 0 Å². The second-order valence-corrected chi connectivity index (χ2v) is 5.10. The van der Waals surface area contributed by atoms with Crippen molar-refractivity contribution < 1.29 is 13.2 Å². The quantitative estimate of drug-likeness (QED) is 0.468. The summed E-state index contributed by atoms with van der Waals surface area (Å²) >= 11 is 0. The monoisotopic (exact) mass is 334 g/mol. The molecular formula is C17H17F3N4. The molecule has 0 spiro atoms. The number of nitrogen functional groups attached to an aromatic ring is 4. The minimum absolute atomic E-state index is 0.0511. The Morgan fingerprint density at radius 3 is 1.42 bits per heavy atom. The molecule has 24 heavy (non-hydrogen) atoms. The molecule has 0 fully saturated rings. The first-order chi connectivity index (χ1) is 11.2. The van der Waals surface area contributed by atoms with Crippen LogP contribution in [0, 0.1) is 0 Å². The van der Waals surface area contributed by atoms with E-state index in [4.69, 9.17) is 22.9 Å². The lowest BCUT2D eigenvalue weighted by Crippen LogP contribution is -2.10. The third-order valence-electron chi connectivity index (χ3n) is 3.43. The highest BCUT2D eigenvalue weighted by atomic mass is 19.4. The van der Waals surface area contributed by atoms with E-state index in [2.05, 4.69) is 0 Å². The number of hydrogen-bond donors (Lipinski definition) is 4. The number of para-hydroxylation sites is 1. The van der Waals surface area contributed by atoms with Crippen LogP contribution in [0.15, 0.2) is 54.6 Å². The molecule has 7 heteroatoms. The summed E-state index contributed by atoms with van der Waals surface area (Å²) in [5.74, 6) is 0. The number of rotatable bonds is 0. The summed E-state index contributed by atoms with van der Waals surface area (Å²) in [7, 11) is 0. The van der Waals surface area contributed by atoms with Gasteiger partial charge in [-0.05, 0) is 24.3 Å². The molecule has 4 nitrogen and oxygen atoms in total. The Hall–Kier alpha value is -3.09. The van der Waals surface area contributed by atoms with Gasteiger partial charge in [0.25, 0.3) is 0 Å². The zero-order valence-corrected chi connectivity index (χ0v) is 12.6. The van der Waals surface area contributed by atoms with Crippen LogP contribution < -0.4 is 22.9 Å². The first-order valence-corrected chi connectivity index (χ1v) is 6.95. The van der Waals surface area contributed by atoms with Gasteiger partial charge < -0.3 is 22.9 Å². The van der Waals surface area contributed by atoms with Crippen LogP contribution in [0.1, 0.15) is 5.56 Å². The van der Waals surface area contributed by atoms with Crippen molar-refractivity contribution >= 4 is 33.5 Å². The maximum Gasteiger partial charge on any atom is 0.418 e. The Morgan fingerprint density at radius 2 is 1.00 bits per heavy atom. The molecule has 0 atom stereocenters. The van der Waals surface area contributed by atoms with Gasteiger partial charge in [0.2, 0.25) is 0 Å². The maximum atomic E-state index is 12.1. The smallest absolute Gasteiger partial charge is 0.398 e. The molecule has 126 valence electrons. The van der Waals surface area contributed by atoms with Crippen LogP contribution in [-0.4, -0.2) is 0 Å². The summed E-state index contributed by atoms with van der Waals surface area (Å²) in [6.45, 7) is 0. The molecule has 0 aliphatic carbocycles. The number of alkyl halides is 3. The summed E-state index contributed by atoms with van der Waals surface area (Å²) in [6, 6.07) is 15.0. The summed E-state index contributed by atoms with van der Waals surface area (Å²) < 4.78 is 36.3. The van der Waals surface area contributed by atoms with E-state index in [0.717, 1.165) is 28.2 Å². The zero-order chi connectivity index (χ0) is 17.9. The predicted octanol–water partition coefficient (Wildman–Crippen LogP) is 3.87. The van der Waals surface area contributed by atoms with Crippen molar-refractivity contribution in [1.29, 1.82) is 0 Å². The van der Waals surface area contributed by atoms with E-state index in [-0.39, 0.29) is 5.69 Å². The molecule has 0 heterocycles. The zero-order valence-electron chi connectivity index (χ0n) is 12.6. The molecule has 3 rings (SSSR count). The van der Waals surface area contributed by atoms with Crippen molar-refractivity contribution in [3.8, 4) is 0 Å². The van der Waals surface area contributed by atoms with Crippen LogP contribution in [-0.2, 0) is 6.18 Å². The fraction of sp³-hybridized carbons (Fsp3) is 0.0588. The molecule has 0 unspecified atom stereocenters. The Morgan fingerprint density at radius 1 is 0.583 bits per heavy atom. The van der Waals surface area contributed by atoms with Crippen molar-refractivity contribution in [2.75, 3.05) is 22.9 Å². The predicted molar refractivity (Wildman–Crippen MR) is 93.0 cm³/mol. The van der Waals surface area contributed by atoms with Gasteiger partial charge in [-0.15, -0.1) is 0 Å². The van der Waals surface area contributed by atoms with Gasteiger partial charge in [-0.25, -0.2) is 0 Å². The van der Waals surface area contributed by atoms with Crippen molar-refractivity contribution in [1.82, 2.24) is 0 Å². The van der Waals surface area contributed by atoms with E-state index in [9.17, 15) is 13.2 Å². The number of fused-ring (bicyclic) bond motifs is 1. The Balaban J connectivity index is 0.000000174. The van der Waals surface area contributed by atoms with E-state index in [1.54, 1.807) is 0 Å². The van der Waals surface area contributed by atoms with Crippen LogP contribution in [0.25, 0.3) is 10.8 Å². The highest BCUT2D eigenvalue weighted by Crippen LogP contribution is 2.35. The highest BCUT2D eigenvalue weighted by molar-refractivity contribution is 5.99. The summed E-state index contributed by atoms with van der Waals surface area (Å²) in [5, 5.41) is 2.05. The number of benzene rings is 3. The molecule has 0 bridgehead atoms. The Kier molecular flexibility index (Phi) is 4.73. The fourth-order valence-corrected chi connectivity index (χ4v) is 2.19. The van der Waals surface area contributed by atoms with Crippen LogP contribution in [0.5, 0.6) is 0 Å². The van der Waals surface area contributed by atoms with Gasteiger partial charge in [-0.2, -0.15) is 13.2 Å². The summed E-state index contributed by atoms with van der Waals surface area (Å²) in [6.07, 6.45) is -4.43. The lowest BCUT2D eigenvalue weighted by atomic mass is 10.1. The normalized spacial score (nSPS) is 11.0. The first-order valence-electron chi connectivity index (χ1n) is 6.95. The second kappa shape index (κ2) is 6.57. The molecule has 3 aromatic rings. The van der Waals surface area contributed by atoms with Crippen molar-refractivity contribution in [2.45, 2.75) is 6.18 Å². The van der Waals surface area contributed by atoms with Gasteiger partial charge in [-0.3, -0.25) is 0 Å². The van der Waals surface area contributed by atoms with Crippen LogP contribution in [0.4, 0.5) is 35.9 Å². The van der Waals surface area contributed by atoms with E-state index in [1.807, 2.05) is 36.4 Å². The Labute approximate surface area is 136 Å². The van der Waals surface area contributed by atoms with Crippen LogP contribution in [0.2, 0.25) is 0 Å². The molecule has 3 aromatic carbocycles. The number of anilines is 4.